The molecule has 3 heterocycles. The number of amides is 1. The van der Waals surface area contributed by atoms with Crippen molar-refractivity contribution in [2.45, 2.75) is 38.0 Å². The lowest BCUT2D eigenvalue weighted by Gasteiger charge is -2.30. The molecule has 0 unspecified atom stereocenters. The molecule has 6 nitrogen and oxygen atoms in total. The van der Waals surface area contributed by atoms with Gasteiger partial charge in [-0.05, 0) is 34.7 Å². The third-order valence-electron chi connectivity index (χ3n) is 4.68. The van der Waals surface area contributed by atoms with Gasteiger partial charge in [0, 0.05) is 23.2 Å². The van der Waals surface area contributed by atoms with Crippen molar-refractivity contribution in [3.8, 4) is 11.3 Å². The number of thiophene rings is 1. The van der Waals surface area contributed by atoms with Gasteiger partial charge in [0.25, 0.3) is 6.17 Å². The number of carbonyl (C=O) groups excluding carboxylic acids is 1. The first-order chi connectivity index (χ1) is 13.6. The Kier molecular flexibility index (Phi) is 5.32. The lowest BCUT2D eigenvalue weighted by molar-refractivity contribution is -0.763. The molecule has 1 aliphatic heterocycles. The molecule has 0 spiro atoms. The lowest BCUT2D eigenvalue weighted by Crippen LogP contribution is -2.60. The average Bonchev–Trinajstić information content (AvgIpc) is 3.21. The van der Waals surface area contributed by atoms with Crippen LogP contribution in [0.3, 0.4) is 0 Å². The van der Waals surface area contributed by atoms with Crippen LogP contribution in [0.4, 0.5) is 5.69 Å². The molecule has 0 bridgehead atoms. The van der Waals surface area contributed by atoms with E-state index in [1.54, 1.807) is 27.8 Å². The number of carbonyl (C=O) groups is 1. The van der Waals surface area contributed by atoms with Crippen LogP contribution in [-0.4, -0.2) is 21.7 Å². The standard InChI is InChI=1S/C20H20N4O2S2/c1-3-4-10-28-20-21-18(26)17-15-7-5-6-8-16(15)23(13(2)25)19(24(17)22-20)14-9-11-27-12-14/h5-9,11-12,19H,3-4,10H2,1-2H3/p+1/t19-/m1/s1. The molecule has 0 saturated carbocycles. The van der Waals surface area contributed by atoms with Crippen LogP contribution in [0.1, 0.15) is 38.4 Å². The first-order valence-electron chi connectivity index (χ1n) is 9.22. The summed E-state index contributed by atoms with van der Waals surface area (Å²) in [6.07, 6.45) is 1.65. The minimum atomic E-state index is -0.485. The van der Waals surface area contributed by atoms with Crippen LogP contribution in [0.5, 0.6) is 0 Å². The third kappa shape index (κ3) is 3.27. The minimum absolute atomic E-state index is 0.0935. The van der Waals surface area contributed by atoms with Crippen molar-refractivity contribution in [3.63, 3.8) is 0 Å². The number of aromatic amines is 1. The highest BCUT2D eigenvalue weighted by Gasteiger charge is 2.44. The van der Waals surface area contributed by atoms with E-state index < -0.39 is 6.17 Å². The smallest absolute Gasteiger partial charge is 0.291 e. The summed E-state index contributed by atoms with van der Waals surface area (Å²) in [5.41, 5.74) is 2.66. The molecule has 8 heteroatoms. The molecule has 0 fully saturated rings. The van der Waals surface area contributed by atoms with Gasteiger partial charge in [-0.3, -0.25) is 14.6 Å². The van der Waals surface area contributed by atoms with Crippen molar-refractivity contribution in [3.05, 3.63) is 57.0 Å². The molecule has 144 valence electrons. The number of thioether (sulfide) groups is 1. The van der Waals surface area contributed by atoms with Gasteiger partial charge in [-0.15, -0.1) is 0 Å². The van der Waals surface area contributed by atoms with Crippen LogP contribution in [0.15, 0.2) is 51.0 Å². The van der Waals surface area contributed by atoms with Gasteiger partial charge in [-0.25, -0.2) is 4.90 Å². The van der Waals surface area contributed by atoms with Crippen LogP contribution in [0, 0.1) is 0 Å². The molecular formula is C20H21N4O2S2+. The lowest BCUT2D eigenvalue weighted by atomic mass is 10.0. The number of H-pyrrole nitrogens is 1. The van der Waals surface area contributed by atoms with E-state index >= 15 is 0 Å². The van der Waals surface area contributed by atoms with Crippen molar-refractivity contribution in [2.24, 2.45) is 0 Å². The number of unbranched alkanes of at least 4 members (excludes halogenated alkanes) is 1. The van der Waals surface area contributed by atoms with Gasteiger partial charge in [0.15, 0.2) is 0 Å². The average molecular weight is 414 g/mol. The van der Waals surface area contributed by atoms with E-state index in [-0.39, 0.29) is 11.5 Å². The zero-order chi connectivity index (χ0) is 19.7. The van der Waals surface area contributed by atoms with Gasteiger partial charge >= 0.3 is 11.3 Å². The number of benzene rings is 1. The second-order valence-corrected chi connectivity index (χ2v) is 8.45. The predicted molar refractivity (Wildman–Crippen MR) is 112 cm³/mol. The van der Waals surface area contributed by atoms with Crippen molar-refractivity contribution in [1.29, 1.82) is 0 Å². The Morgan fingerprint density at radius 1 is 1.36 bits per heavy atom. The SMILES string of the molecule is CCCCSc1n[n+]2c(c(=O)[nH]1)-c1ccccc1N(C(C)=O)[C@H]2c1ccsc1. The van der Waals surface area contributed by atoms with E-state index in [4.69, 9.17) is 5.10 Å². The van der Waals surface area contributed by atoms with Crippen LogP contribution >= 0.6 is 23.1 Å². The number of hydrogen-bond donors (Lipinski definition) is 1. The second kappa shape index (κ2) is 7.89. The first-order valence-corrected chi connectivity index (χ1v) is 11.1. The summed E-state index contributed by atoms with van der Waals surface area (Å²) < 4.78 is 1.71. The first kappa shape index (κ1) is 18.9. The molecular weight excluding hydrogens is 392 g/mol. The Balaban J connectivity index is 1.95. The number of anilines is 1. The van der Waals surface area contributed by atoms with E-state index in [1.807, 2.05) is 41.1 Å². The summed E-state index contributed by atoms with van der Waals surface area (Å²) in [6.45, 7) is 3.68. The van der Waals surface area contributed by atoms with Crippen molar-refractivity contribution in [2.75, 3.05) is 10.7 Å². The molecule has 28 heavy (non-hydrogen) atoms. The molecule has 4 rings (SSSR count). The van der Waals surface area contributed by atoms with Crippen LogP contribution < -0.4 is 15.1 Å². The van der Waals surface area contributed by atoms with Gasteiger partial charge in [0.05, 0.1) is 16.8 Å². The highest BCUT2D eigenvalue weighted by molar-refractivity contribution is 7.99. The predicted octanol–water partition coefficient (Wildman–Crippen LogP) is 3.59. The summed E-state index contributed by atoms with van der Waals surface area (Å²) in [6, 6.07) is 9.47. The molecule has 1 atom stereocenters. The highest BCUT2D eigenvalue weighted by atomic mass is 32.2. The molecule has 1 aliphatic rings. The van der Waals surface area contributed by atoms with Gasteiger partial charge in [-0.1, -0.05) is 37.2 Å². The van der Waals surface area contributed by atoms with Crippen molar-refractivity contribution in [1.82, 2.24) is 10.1 Å². The molecule has 0 saturated heterocycles. The highest BCUT2D eigenvalue weighted by Crippen LogP contribution is 2.37. The van der Waals surface area contributed by atoms with E-state index in [2.05, 4.69) is 11.9 Å². The molecule has 0 aliphatic carbocycles. The fourth-order valence-electron chi connectivity index (χ4n) is 3.41. The third-order valence-corrected chi connectivity index (χ3v) is 6.33. The summed E-state index contributed by atoms with van der Waals surface area (Å²) in [5, 5.41) is 9.29. The Morgan fingerprint density at radius 2 is 2.18 bits per heavy atom. The second-order valence-electron chi connectivity index (χ2n) is 6.59. The number of hydrogen-bond acceptors (Lipinski definition) is 5. The topological polar surface area (TPSA) is 69.9 Å². The Labute approximate surface area is 171 Å². The largest absolute Gasteiger partial charge is 0.325 e. The summed E-state index contributed by atoms with van der Waals surface area (Å²) in [4.78, 5) is 30.3. The Bertz CT molecular complexity index is 1060. The number of aromatic nitrogens is 3. The zero-order valence-electron chi connectivity index (χ0n) is 15.7. The van der Waals surface area contributed by atoms with E-state index in [0.717, 1.165) is 29.8 Å². The zero-order valence-corrected chi connectivity index (χ0v) is 17.3. The normalized spacial score (nSPS) is 15.2. The number of nitrogens with zero attached hydrogens (tertiary/aromatic N) is 3. The Hall–Kier alpha value is -2.45. The molecule has 0 radical (unpaired) electrons. The molecule has 1 N–H and O–H groups in total. The fourth-order valence-corrected chi connectivity index (χ4v) is 5.02. The van der Waals surface area contributed by atoms with Gasteiger partial charge in [0.2, 0.25) is 11.1 Å². The number of fused-ring (bicyclic) bond motifs is 3. The molecule has 2 aromatic heterocycles. The molecule has 1 aromatic carbocycles. The van der Waals surface area contributed by atoms with Crippen molar-refractivity contribution >= 4 is 34.7 Å². The summed E-state index contributed by atoms with van der Waals surface area (Å²) in [5.74, 6) is 0.790. The van der Waals surface area contributed by atoms with Gasteiger partial charge < -0.3 is 0 Å². The number of para-hydroxylation sites is 1. The molecule has 3 aromatic rings. The monoisotopic (exact) mass is 413 g/mol. The maximum atomic E-state index is 13.0. The number of rotatable bonds is 5. The van der Waals surface area contributed by atoms with Crippen LogP contribution in [-0.2, 0) is 4.79 Å². The summed E-state index contributed by atoms with van der Waals surface area (Å²) in [7, 11) is 0. The fraction of sp³-hybridized carbons (Fsp3) is 0.300. The van der Waals surface area contributed by atoms with Crippen LogP contribution in [0.25, 0.3) is 11.3 Å². The van der Waals surface area contributed by atoms with Crippen molar-refractivity contribution < 1.29 is 9.48 Å². The minimum Gasteiger partial charge on any atom is -0.291 e. The Morgan fingerprint density at radius 3 is 2.89 bits per heavy atom. The van der Waals surface area contributed by atoms with Gasteiger partial charge in [-0.2, -0.15) is 11.3 Å². The van der Waals surface area contributed by atoms with Crippen LogP contribution in [0.2, 0.25) is 0 Å². The maximum absolute atomic E-state index is 13.0. The quantitative estimate of drug-likeness (QED) is 0.394. The van der Waals surface area contributed by atoms with E-state index in [0.29, 0.717) is 16.4 Å². The van der Waals surface area contributed by atoms with E-state index in [9.17, 15) is 9.59 Å². The number of nitrogens with one attached hydrogen (secondary N) is 1. The molecule has 1 amide bonds. The van der Waals surface area contributed by atoms with E-state index in [1.165, 1.54) is 11.8 Å². The van der Waals surface area contributed by atoms with Gasteiger partial charge in [0.1, 0.15) is 0 Å². The summed E-state index contributed by atoms with van der Waals surface area (Å²) >= 11 is 3.09. The maximum Gasteiger partial charge on any atom is 0.325 e.